The lowest BCUT2D eigenvalue weighted by atomic mass is 9.74. The average molecular weight is 941 g/mol. The predicted octanol–water partition coefficient (Wildman–Crippen LogP) is 1.04. The van der Waals surface area contributed by atoms with Crippen molar-refractivity contribution in [2.75, 3.05) is 20.8 Å². The molecule has 2 saturated heterocycles. The van der Waals surface area contributed by atoms with Gasteiger partial charge in [-0.1, -0.05) is 6.07 Å². The van der Waals surface area contributed by atoms with Crippen LogP contribution in [-0.2, 0) is 28.5 Å². The summed E-state index contributed by atoms with van der Waals surface area (Å²) in [5.41, 5.74) is -4.80. The third kappa shape index (κ3) is 8.53. The van der Waals surface area contributed by atoms with Gasteiger partial charge in [0.05, 0.1) is 42.6 Å². The number of ether oxygens (including phenoxy) is 6. The van der Waals surface area contributed by atoms with Crippen LogP contribution in [0.4, 0.5) is 4.79 Å². The Morgan fingerprint density at radius 3 is 2.09 bits per heavy atom. The van der Waals surface area contributed by atoms with Crippen molar-refractivity contribution in [1.29, 1.82) is 0 Å². The molecule has 0 saturated carbocycles. The van der Waals surface area contributed by atoms with Crippen LogP contribution in [0, 0.1) is 6.92 Å². The van der Waals surface area contributed by atoms with E-state index >= 15 is 0 Å². The number of aromatic hydroxyl groups is 3. The molecule has 22 heteroatoms. The number of aryl methyl sites for hydroxylation is 1. The third-order valence-corrected chi connectivity index (χ3v) is 12.2. The van der Waals surface area contributed by atoms with Crippen molar-refractivity contribution in [2.24, 2.45) is 0 Å². The van der Waals surface area contributed by atoms with Crippen molar-refractivity contribution < 1.29 is 98.4 Å². The molecule has 2 fully saturated rings. The number of rotatable bonds is 9. The number of nitrogens with zero attached hydrogens (tertiary/aromatic N) is 1. The standard InChI is InChI=1S/C45H52N2O20/c1-14-9-21-27(34(54)24(14)40(58)46-15(2)41(59)60)26-19(12-20-28(35(26)55)31(51)18-10-17(62-8)11-22(48)25(18)30(20)50)32(52)38(21)65-43-37(57)39(66-42-36(56)33(53)23(49)13-63-42)29(16(3)64-43)47(7)44(61)67-45(4,5)6/h9-12,15-16,23,29,32-33,36-39,42-43,48-49,52-57H,13H2,1-8H3,(H,46,58)(H,59,60)/t15-,16-,23-,29+,32+,33+,36-,37-,38+,39+,42+,43+/m1/s1. The Morgan fingerprint density at radius 2 is 1.46 bits per heavy atom. The second-order valence-corrected chi connectivity index (χ2v) is 17.9. The molecular weight excluding hydrogens is 888 g/mol. The van der Waals surface area contributed by atoms with E-state index in [9.17, 15) is 69.9 Å². The highest BCUT2D eigenvalue weighted by Gasteiger charge is 2.53. The van der Waals surface area contributed by atoms with Gasteiger partial charge in [-0.15, -0.1) is 0 Å². The molecule has 22 nitrogen and oxygen atoms in total. The third-order valence-electron chi connectivity index (χ3n) is 12.2. The van der Waals surface area contributed by atoms with E-state index in [1.54, 1.807) is 20.8 Å². The van der Waals surface area contributed by atoms with Crippen molar-refractivity contribution in [2.45, 2.75) is 121 Å². The van der Waals surface area contributed by atoms with E-state index in [0.717, 1.165) is 17.0 Å². The first-order valence-corrected chi connectivity index (χ1v) is 21.0. The number of carbonyl (C=O) groups excluding carboxylic acids is 4. The predicted molar refractivity (Wildman–Crippen MR) is 226 cm³/mol. The highest BCUT2D eigenvalue weighted by atomic mass is 16.7. The summed E-state index contributed by atoms with van der Waals surface area (Å²) in [5.74, 6) is -6.89. The van der Waals surface area contributed by atoms with Crippen LogP contribution in [0.25, 0.3) is 11.1 Å². The highest BCUT2D eigenvalue weighted by Crippen LogP contribution is 2.57. The number of hydrogen-bond donors (Lipinski definition) is 10. The van der Waals surface area contributed by atoms with Gasteiger partial charge in [-0.25, -0.2) is 4.79 Å². The summed E-state index contributed by atoms with van der Waals surface area (Å²) in [5, 5.41) is 103. The molecule has 0 spiro atoms. The number of aliphatic hydroxyl groups is 5. The van der Waals surface area contributed by atoms with Gasteiger partial charge in [0.2, 0.25) is 0 Å². The minimum atomic E-state index is -1.99. The number of aliphatic carboxylic acids is 1. The zero-order valence-electron chi connectivity index (χ0n) is 37.4. The molecule has 67 heavy (non-hydrogen) atoms. The lowest BCUT2D eigenvalue weighted by molar-refractivity contribution is -0.344. The van der Waals surface area contributed by atoms with Gasteiger partial charge in [-0.3, -0.25) is 19.2 Å². The number of nitrogens with one attached hydrogen (secondary N) is 1. The van der Waals surface area contributed by atoms with Gasteiger partial charge in [-0.05, 0) is 70.4 Å². The van der Waals surface area contributed by atoms with Crippen LogP contribution >= 0.6 is 0 Å². The summed E-state index contributed by atoms with van der Waals surface area (Å²) in [7, 11) is 2.57. The van der Waals surface area contributed by atoms with Crippen molar-refractivity contribution in [1.82, 2.24) is 10.2 Å². The molecule has 3 aromatic carbocycles. The molecule has 4 aliphatic rings. The molecule has 2 aliphatic carbocycles. The van der Waals surface area contributed by atoms with Gasteiger partial charge in [0.1, 0.15) is 77.4 Å². The van der Waals surface area contributed by atoms with Crippen molar-refractivity contribution >= 4 is 29.5 Å². The second kappa shape index (κ2) is 17.9. The largest absolute Gasteiger partial charge is 0.507 e. The molecule has 12 atom stereocenters. The van der Waals surface area contributed by atoms with Crippen molar-refractivity contribution in [3.8, 4) is 34.1 Å². The maximum atomic E-state index is 14.2. The molecular formula is C45H52N2O20. The smallest absolute Gasteiger partial charge is 0.410 e. The fraction of sp³-hybridized carbons (Fsp3) is 0.489. The zero-order valence-corrected chi connectivity index (χ0v) is 37.4. The number of phenolic OH excluding ortho intramolecular Hbond substituents is 3. The zero-order chi connectivity index (χ0) is 49.5. The number of aliphatic hydroxyl groups excluding tert-OH is 5. The first kappa shape index (κ1) is 49.0. The molecule has 2 aliphatic heterocycles. The summed E-state index contributed by atoms with van der Waals surface area (Å²) in [4.78, 5) is 68.2. The van der Waals surface area contributed by atoms with Crippen LogP contribution in [-0.4, -0.2) is 168 Å². The lowest BCUT2D eigenvalue weighted by Gasteiger charge is -2.49. The first-order chi connectivity index (χ1) is 31.3. The number of methoxy groups -OCH3 is 1. The van der Waals surface area contributed by atoms with Gasteiger partial charge >= 0.3 is 12.1 Å². The summed E-state index contributed by atoms with van der Waals surface area (Å²) in [6, 6.07) is 1.84. The minimum absolute atomic E-state index is 0.00543. The Labute approximate surface area is 381 Å². The summed E-state index contributed by atoms with van der Waals surface area (Å²) in [6.07, 6.45) is -18.2. The molecule has 362 valence electrons. The van der Waals surface area contributed by atoms with E-state index in [-0.39, 0.29) is 28.0 Å². The summed E-state index contributed by atoms with van der Waals surface area (Å²) >= 11 is 0. The summed E-state index contributed by atoms with van der Waals surface area (Å²) in [6.45, 7) is 8.35. The van der Waals surface area contributed by atoms with E-state index in [2.05, 4.69) is 5.32 Å². The van der Waals surface area contributed by atoms with Gasteiger partial charge in [0.15, 0.2) is 24.1 Å². The normalized spacial score (nSPS) is 28.3. The average Bonchev–Trinajstić information content (AvgIpc) is 3.24. The van der Waals surface area contributed by atoms with Crippen LogP contribution in [0.3, 0.4) is 0 Å². The van der Waals surface area contributed by atoms with Crippen LogP contribution in [0.5, 0.6) is 23.0 Å². The molecule has 0 aromatic heterocycles. The fourth-order valence-corrected chi connectivity index (χ4v) is 8.87. The second-order valence-electron chi connectivity index (χ2n) is 17.9. The van der Waals surface area contributed by atoms with E-state index < -0.39 is 166 Å². The van der Waals surface area contributed by atoms with E-state index in [0.29, 0.717) is 0 Å². The molecule has 7 rings (SSSR count). The van der Waals surface area contributed by atoms with Gasteiger partial charge in [0, 0.05) is 35.4 Å². The number of hydrogen-bond acceptors (Lipinski definition) is 19. The number of phenols is 3. The number of fused-ring (bicyclic) bond motifs is 5. The van der Waals surface area contributed by atoms with Crippen LogP contribution in [0.15, 0.2) is 24.3 Å². The Balaban J connectivity index is 1.37. The topological polar surface area (TPSA) is 338 Å². The Morgan fingerprint density at radius 1 is 0.836 bits per heavy atom. The molecule has 2 heterocycles. The lowest BCUT2D eigenvalue weighted by Crippen LogP contribution is -2.66. The number of carboxylic acid groups (broad SMARTS) is 1. The summed E-state index contributed by atoms with van der Waals surface area (Å²) < 4.78 is 34.9. The fourth-order valence-electron chi connectivity index (χ4n) is 8.87. The Kier molecular flexibility index (Phi) is 13.1. The first-order valence-electron chi connectivity index (χ1n) is 21.0. The van der Waals surface area contributed by atoms with E-state index in [1.165, 1.54) is 47.1 Å². The van der Waals surface area contributed by atoms with Crippen LogP contribution < -0.4 is 10.1 Å². The van der Waals surface area contributed by atoms with E-state index in [1.807, 2.05) is 0 Å². The highest BCUT2D eigenvalue weighted by molar-refractivity contribution is 6.31. The number of amides is 2. The quantitative estimate of drug-likeness (QED) is 0.112. The Bertz CT molecular complexity index is 2540. The number of carboxylic acids is 1. The van der Waals surface area contributed by atoms with Crippen molar-refractivity contribution in [3.05, 3.63) is 68.8 Å². The number of benzene rings is 3. The molecule has 10 N–H and O–H groups in total. The number of likely N-dealkylation sites (N-methyl/N-ethyl adjacent to an activating group) is 1. The van der Waals surface area contributed by atoms with Crippen molar-refractivity contribution in [3.63, 3.8) is 0 Å². The van der Waals surface area contributed by atoms with E-state index in [4.69, 9.17) is 28.4 Å². The van der Waals surface area contributed by atoms with Gasteiger partial charge in [-0.2, -0.15) is 0 Å². The molecule has 2 amide bonds. The molecule has 0 bridgehead atoms. The number of carbonyl (C=O) groups is 5. The minimum Gasteiger partial charge on any atom is -0.507 e. The van der Waals surface area contributed by atoms with Crippen LogP contribution in [0.2, 0.25) is 0 Å². The van der Waals surface area contributed by atoms with Crippen LogP contribution in [0.1, 0.15) is 106 Å². The maximum Gasteiger partial charge on any atom is 0.410 e. The molecule has 3 aromatic rings. The van der Waals surface area contributed by atoms with Gasteiger partial charge in [0.25, 0.3) is 5.91 Å². The SMILES string of the molecule is COc1cc(O)c2c(c1)C(=O)c1c(cc3c(c1O)-c1c(cc(C)c(C(=O)N[C@H](C)C(=O)O)c1O)[C@H](O[C@@H]1O[C@H](C)[C@H](N(C)C(=O)OC(C)(C)C)[C@H](O[C@@H]4OC[C@@H](O)[C@H](O)[C@H]4O)[C@H]1O)[C@H]3O)C2=O. The number of ketones is 2. The Hall–Kier alpha value is -5.95. The molecule has 0 radical (unpaired) electrons. The monoisotopic (exact) mass is 940 g/mol. The maximum absolute atomic E-state index is 14.2. The van der Waals surface area contributed by atoms with Gasteiger partial charge < -0.3 is 84.6 Å². The molecule has 0 unspecified atom stereocenters.